The number of nitrogens with zero attached hydrogens (tertiary/aromatic N) is 1. The van der Waals surface area contributed by atoms with E-state index in [2.05, 4.69) is 21.3 Å². The monoisotopic (exact) mass is 391 g/mol. The maximum atomic E-state index is 13.0. The summed E-state index contributed by atoms with van der Waals surface area (Å²) >= 11 is 0. The van der Waals surface area contributed by atoms with E-state index in [1.54, 1.807) is 12.1 Å². The van der Waals surface area contributed by atoms with Crippen molar-refractivity contribution < 1.29 is 9.90 Å². The standard InChI is InChI=1S/C23H25N3O3/c1-23(2,29)14-26-12-11-17-16(13-26)6-4-8-19(17)24-22(28)18-7-3-5-15-9-10-20(27)25-21(15)18/h3-10,29H,11-14H2,1-2H3,(H,24,28)(H,25,27). The number of benzene rings is 2. The van der Waals surface area contributed by atoms with Crippen LogP contribution in [-0.4, -0.2) is 39.6 Å². The lowest BCUT2D eigenvalue weighted by molar-refractivity contribution is 0.0318. The van der Waals surface area contributed by atoms with Gasteiger partial charge >= 0.3 is 0 Å². The molecular formula is C23H25N3O3. The van der Waals surface area contributed by atoms with Crippen molar-refractivity contribution in [3.8, 4) is 0 Å². The minimum absolute atomic E-state index is 0.235. The summed E-state index contributed by atoms with van der Waals surface area (Å²) in [6, 6.07) is 14.5. The number of pyridine rings is 1. The molecule has 0 atom stereocenters. The number of anilines is 1. The third-order valence-corrected chi connectivity index (χ3v) is 5.21. The van der Waals surface area contributed by atoms with Crippen LogP contribution in [0, 0.1) is 0 Å². The van der Waals surface area contributed by atoms with E-state index in [1.165, 1.54) is 6.07 Å². The lowest BCUT2D eigenvalue weighted by Gasteiger charge is -2.33. The maximum absolute atomic E-state index is 13.0. The Bertz CT molecular complexity index is 1130. The molecule has 0 spiro atoms. The van der Waals surface area contributed by atoms with Crippen molar-refractivity contribution in [2.45, 2.75) is 32.4 Å². The second kappa shape index (κ2) is 7.46. The molecule has 2 aromatic carbocycles. The fraction of sp³-hybridized carbons (Fsp3) is 0.304. The number of carbonyl (C=O) groups excluding carboxylic acids is 1. The summed E-state index contributed by atoms with van der Waals surface area (Å²) in [5, 5.41) is 13.9. The molecule has 4 rings (SSSR count). The van der Waals surface area contributed by atoms with E-state index in [0.29, 0.717) is 17.6 Å². The molecule has 6 heteroatoms. The number of fused-ring (bicyclic) bond motifs is 2. The summed E-state index contributed by atoms with van der Waals surface area (Å²) in [4.78, 5) is 29.7. The van der Waals surface area contributed by atoms with Gasteiger partial charge in [-0.05, 0) is 55.0 Å². The number of aromatic nitrogens is 1. The number of para-hydroxylation sites is 1. The van der Waals surface area contributed by atoms with Crippen LogP contribution in [0.15, 0.2) is 53.3 Å². The van der Waals surface area contributed by atoms with Crippen LogP contribution in [0.5, 0.6) is 0 Å². The average Bonchev–Trinajstić information content (AvgIpc) is 2.66. The molecule has 0 saturated heterocycles. The van der Waals surface area contributed by atoms with Gasteiger partial charge in [-0.15, -0.1) is 0 Å². The molecule has 0 fully saturated rings. The van der Waals surface area contributed by atoms with E-state index in [-0.39, 0.29) is 11.5 Å². The number of aliphatic hydroxyl groups is 1. The fourth-order valence-electron chi connectivity index (χ4n) is 4.02. The van der Waals surface area contributed by atoms with Crippen molar-refractivity contribution in [2.75, 3.05) is 18.4 Å². The van der Waals surface area contributed by atoms with Gasteiger partial charge in [-0.2, -0.15) is 0 Å². The Balaban J connectivity index is 1.60. The molecular weight excluding hydrogens is 366 g/mol. The topological polar surface area (TPSA) is 85.4 Å². The van der Waals surface area contributed by atoms with Gasteiger partial charge in [-0.25, -0.2) is 0 Å². The number of amides is 1. The van der Waals surface area contributed by atoms with Crippen LogP contribution < -0.4 is 10.9 Å². The van der Waals surface area contributed by atoms with Crippen LogP contribution in [0.4, 0.5) is 5.69 Å². The number of hydrogen-bond donors (Lipinski definition) is 3. The molecule has 1 aliphatic rings. The Morgan fingerprint density at radius 2 is 1.97 bits per heavy atom. The summed E-state index contributed by atoms with van der Waals surface area (Å²) in [5.74, 6) is -0.246. The van der Waals surface area contributed by atoms with Gasteiger partial charge in [0.15, 0.2) is 0 Å². The smallest absolute Gasteiger partial charge is 0.257 e. The highest BCUT2D eigenvalue weighted by atomic mass is 16.3. The molecule has 0 radical (unpaired) electrons. The van der Waals surface area contributed by atoms with Crippen molar-refractivity contribution in [3.63, 3.8) is 0 Å². The second-order valence-corrected chi connectivity index (χ2v) is 8.26. The van der Waals surface area contributed by atoms with Crippen molar-refractivity contribution in [1.82, 2.24) is 9.88 Å². The minimum Gasteiger partial charge on any atom is -0.389 e. The van der Waals surface area contributed by atoms with E-state index >= 15 is 0 Å². The molecule has 0 aliphatic carbocycles. The first-order valence-corrected chi connectivity index (χ1v) is 9.79. The molecule has 1 amide bonds. The van der Waals surface area contributed by atoms with E-state index in [4.69, 9.17) is 0 Å². The van der Waals surface area contributed by atoms with Crippen LogP contribution in [0.25, 0.3) is 10.9 Å². The van der Waals surface area contributed by atoms with Gasteiger partial charge < -0.3 is 15.4 Å². The minimum atomic E-state index is -0.741. The van der Waals surface area contributed by atoms with Gasteiger partial charge in [0.05, 0.1) is 16.7 Å². The predicted octanol–water partition coefficient (Wildman–Crippen LogP) is 2.91. The number of H-pyrrole nitrogens is 1. The van der Waals surface area contributed by atoms with Crippen molar-refractivity contribution in [3.05, 3.63) is 75.6 Å². The lowest BCUT2D eigenvalue weighted by Crippen LogP contribution is -2.41. The third-order valence-electron chi connectivity index (χ3n) is 5.21. The third kappa shape index (κ3) is 4.23. The molecule has 1 aromatic heterocycles. The first-order valence-electron chi connectivity index (χ1n) is 9.79. The molecule has 2 heterocycles. The fourth-order valence-corrected chi connectivity index (χ4v) is 4.02. The normalized spacial score (nSPS) is 14.6. The van der Waals surface area contributed by atoms with Gasteiger partial charge in [0, 0.05) is 31.4 Å². The van der Waals surface area contributed by atoms with E-state index in [0.717, 1.165) is 41.7 Å². The molecule has 3 aromatic rings. The number of carbonyl (C=O) groups is 1. The first-order chi connectivity index (χ1) is 13.8. The Labute approximate surface area is 169 Å². The number of aromatic amines is 1. The number of hydrogen-bond acceptors (Lipinski definition) is 4. The van der Waals surface area contributed by atoms with E-state index in [1.807, 2.05) is 38.1 Å². The Kier molecular flexibility index (Phi) is 4.98. The van der Waals surface area contributed by atoms with Crippen LogP contribution in [0.2, 0.25) is 0 Å². The summed E-state index contributed by atoms with van der Waals surface area (Å²) in [7, 11) is 0. The molecule has 3 N–H and O–H groups in total. The number of nitrogens with one attached hydrogen (secondary N) is 2. The van der Waals surface area contributed by atoms with Gasteiger partial charge in [-0.3, -0.25) is 14.5 Å². The Morgan fingerprint density at radius 1 is 1.17 bits per heavy atom. The molecule has 29 heavy (non-hydrogen) atoms. The second-order valence-electron chi connectivity index (χ2n) is 8.26. The molecule has 0 bridgehead atoms. The highest BCUT2D eigenvalue weighted by Crippen LogP contribution is 2.28. The zero-order valence-corrected chi connectivity index (χ0v) is 16.7. The van der Waals surface area contributed by atoms with Gasteiger partial charge in [-0.1, -0.05) is 24.3 Å². The van der Waals surface area contributed by atoms with Crippen LogP contribution in [-0.2, 0) is 13.0 Å². The Hall–Kier alpha value is -2.96. The quantitative estimate of drug-likeness (QED) is 0.638. The Morgan fingerprint density at radius 3 is 2.76 bits per heavy atom. The highest BCUT2D eigenvalue weighted by Gasteiger charge is 2.24. The molecule has 6 nitrogen and oxygen atoms in total. The summed E-state index contributed by atoms with van der Waals surface area (Å²) in [6.45, 7) is 5.80. The van der Waals surface area contributed by atoms with Gasteiger partial charge in [0.2, 0.25) is 5.56 Å². The summed E-state index contributed by atoms with van der Waals surface area (Å²) in [6.07, 6.45) is 0.800. The SMILES string of the molecule is CC(C)(O)CN1CCc2c(cccc2NC(=O)c2cccc3ccc(=O)[nH]c23)C1. The molecule has 0 unspecified atom stereocenters. The largest absolute Gasteiger partial charge is 0.389 e. The maximum Gasteiger partial charge on any atom is 0.257 e. The van der Waals surface area contributed by atoms with Crippen LogP contribution in [0.3, 0.4) is 0 Å². The van der Waals surface area contributed by atoms with E-state index < -0.39 is 5.60 Å². The van der Waals surface area contributed by atoms with Gasteiger partial charge in [0.25, 0.3) is 5.91 Å². The summed E-state index contributed by atoms with van der Waals surface area (Å²) < 4.78 is 0. The molecule has 0 saturated carbocycles. The van der Waals surface area contributed by atoms with Gasteiger partial charge in [0.1, 0.15) is 0 Å². The average molecular weight is 391 g/mol. The first kappa shape index (κ1) is 19.4. The molecule has 150 valence electrons. The highest BCUT2D eigenvalue weighted by molar-refractivity contribution is 6.12. The zero-order valence-electron chi connectivity index (χ0n) is 16.7. The van der Waals surface area contributed by atoms with Crippen molar-refractivity contribution in [2.24, 2.45) is 0 Å². The van der Waals surface area contributed by atoms with Crippen LogP contribution >= 0.6 is 0 Å². The number of β-amino-alcohol motifs (C(OH)–C–C–N with tert-alkyl or cyclic N) is 1. The van der Waals surface area contributed by atoms with Crippen molar-refractivity contribution in [1.29, 1.82) is 0 Å². The van der Waals surface area contributed by atoms with Crippen LogP contribution in [0.1, 0.15) is 35.3 Å². The van der Waals surface area contributed by atoms with E-state index in [9.17, 15) is 14.7 Å². The lowest BCUT2D eigenvalue weighted by atomic mass is 9.96. The van der Waals surface area contributed by atoms with Crippen molar-refractivity contribution >= 4 is 22.5 Å². The summed E-state index contributed by atoms with van der Waals surface area (Å²) in [5.41, 5.74) is 3.09. The predicted molar refractivity (Wildman–Crippen MR) is 114 cm³/mol. The zero-order chi connectivity index (χ0) is 20.6. The number of rotatable bonds is 4. The molecule has 1 aliphatic heterocycles.